The SMILES string of the molecule is CCO.CCOC(=O)CC(CC)c1c(Cl)cccc1B1OC(C)(C)C(C)(C)O1. The highest BCUT2D eigenvalue weighted by molar-refractivity contribution is 6.63. The van der Waals surface area contributed by atoms with Gasteiger partial charge in [0.2, 0.25) is 0 Å². The van der Waals surface area contributed by atoms with Gasteiger partial charge >= 0.3 is 13.1 Å². The standard InChI is InChI=1S/C19H28BClO4.C2H6O/c1-7-13(12-16(22)23-8-2)17-14(10-9-11-15(17)21)20-24-18(3,4)19(5,6)25-20;1-2-3/h9-11,13H,7-8,12H2,1-6H3;3H,2H2,1H3. The van der Waals surface area contributed by atoms with Gasteiger partial charge in [0.25, 0.3) is 0 Å². The average molecular weight is 413 g/mol. The lowest BCUT2D eigenvalue weighted by Crippen LogP contribution is -2.41. The van der Waals surface area contributed by atoms with E-state index in [-0.39, 0.29) is 18.5 Å². The predicted octanol–water partition coefficient (Wildman–Crippen LogP) is 4.08. The predicted molar refractivity (Wildman–Crippen MR) is 114 cm³/mol. The number of aliphatic hydroxyl groups excluding tert-OH is 1. The molecule has 28 heavy (non-hydrogen) atoms. The van der Waals surface area contributed by atoms with E-state index >= 15 is 0 Å². The van der Waals surface area contributed by atoms with E-state index in [0.29, 0.717) is 18.1 Å². The summed E-state index contributed by atoms with van der Waals surface area (Å²) in [4.78, 5) is 12.0. The van der Waals surface area contributed by atoms with Crippen molar-refractivity contribution in [3.63, 3.8) is 0 Å². The maximum atomic E-state index is 12.0. The van der Waals surface area contributed by atoms with Crippen molar-refractivity contribution >= 4 is 30.2 Å². The number of rotatable bonds is 6. The molecule has 0 amide bonds. The van der Waals surface area contributed by atoms with Crippen LogP contribution in [0.15, 0.2) is 18.2 Å². The highest BCUT2D eigenvalue weighted by atomic mass is 35.5. The van der Waals surface area contributed by atoms with Gasteiger partial charge in [0.1, 0.15) is 0 Å². The molecule has 158 valence electrons. The zero-order valence-electron chi connectivity index (χ0n) is 18.2. The molecule has 1 N–H and O–H groups in total. The van der Waals surface area contributed by atoms with Crippen molar-refractivity contribution in [1.82, 2.24) is 0 Å². The summed E-state index contributed by atoms with van der Waals surface area (Å²) in [5, 5.41) is 8.20. The first kappa shape index (κ1) is 25.0. The number of aliphatic hydroxyl groups is 1. The van der Waals surface area contributed by atoms with Gasteiger partial charge < -0.3 is 19.2 Å². The monoisotopic (exact) mass is 412 g/mol. The molecule has 0 saturated carbocycles. The molecule has 1 saturated heterocycles. The highest BCUT2D eigenvalue weighted by Crippen LogP contribution is 2.38. The van der Waals surface area contributed by atoms with Gasteiger partial charge in [0, 0.05) is 11.6 Å². The molecule has 1 aromatic rings. The zero-order valence-corrected chi connectivity index (χ0v) is 18.9. The van der Waals surface area contributed by atoms with Crippen molar-refractivity contribution in [2.75, 3.05) is 13.2 Å². The summed E-state index contributed by atoms with van der Waals surface area (Å²) >= 11 is 6.52. The van der Waals surface area contributed by atoms with E-state index in [2.05, 4.69) is 0 Å². The molecule has 1 unspecified atom stereocenters. The number of hydrogen-bond acceptors (Lipinski definition) is 5. The molecule has 1 aliphatic rings. The second kappa shape index (κ2) is 10.6. The molecule has 1 atom stereocenters. The topological polar surface area (TPSA) is 65.0 Å². The fourth-order valence-corrected chi connectivity index (χ4v) is 3.37. The Hall–Kier alpha value is -1.08. The van der Waals surface area contributed by atoms with Crippen LogP contribution in [0.5, 0.6) is 0 Å². The van der Waals surface area contributed by atoms with Gasteiger partial charge in [-0.05, 0) is 71.0 Å². The minimum atomic E-state index is -0.505. The molecule has 1 aromatic carbocycles. The maximum Gasteiger partial charge on any atom is 0.495 e. The third-order valence-corrected chi connectivity index (χ3v) is 5.54. The van der Waals surface area contributed by atoms with Crippen molar-refractivity contribution in [3.05, 3.63) is 28.8 Å². The van der Waals surface area contributed by atoms with Crippen LogP contribution in [0.4, 0.5) is 0 Å². The van der Waals surface area contributed by atoms with Gasteiger partial charge in [-0.2, -0.15) is 0 Å². The average Bonchev–Trinajstić information content (AvgIpc) is 2.81. The summed E-state index contributed by atoms with van der Waals surface area (Å²) in [7, 11) is -0.505. The van der Waals surface area contributed by atoms with Crippen LogP contribution in [-0.2, 0) is 18.8 Å². The van der Waals surface area contributed by atoms with E-state index in [1.165, 1.54) is 0 Å². The highest BCUT2D eigenvalue weighted by Gasteiger charge is 2.52. The molecule has 0 aliphatic carbocycles. The quantitative estimate of drug-likeness (QED) is 0.563. The second-order valence-electron chi connectivity index (χ2n) is 7.76. The molecule has 1 aliphatic heterocycles. The van der Waals surface area contributed by atoms with Crippen LogP contribution in [0.2, 0.25) is 5.02 Å². The Morgan fingerprint density at radius 1 is 1.18 bits per heavy atom. The minimum Gasteiger partial charge on any atom is -0.466 e. The van der Waals surface area contributed by atoms with Gasteiger partial charge in [-0.15, -0.1) is 0 Å². The Labute approximate surface area is 174 Å². The molecule has 5 nitrogen and oxygen atoms in total. The first-order chi connectivity index (χ1) is 13.0. The van der Waals surface area contributed by atoms with E-state index in [4.69, 9.17) is 30.8 Å². The van der Waals surface area contributed by atoms with Gasteiger partial charge in [0.15, 0.2) is 0 Å². The van der Waals surface area contributed by atoms with Crippen molar-refractivity contribution < 1.29 is 23.9 Å². The summed E-state index contributed by atoms with van der Waals surface area (Å²) in [6, 6.07) is 5.71. The molecule has 0 aromatic heterocycles. The Morgan fingerprint density at radius 2 is 1.71 bits per heavy atom. The molecule has 0 bridgehead atoms. The Balaban J connectivity index is 0.00000122. The number of carbonyl (C=O) groups excluding carboxylic acids is 1. The first-order valence-electron chi connectivity index (χ1n) is 9.94. The summed E-state index contributed by atoms with van der Waals surface area (Å²) in [6.07, 6.45) is 1.07. The Morgan fingerprint density at radius 3 is 2.18 bits per heavy atom. The smallest absolute Gasteiger partial charge is 0.466 e. The summed E-state index contributed by atoms with van der Waals surface area (Å²) < 4.78 is 17.5. The van der Waals surface area contributed by atoms with Gasteiger partial charge in [-0.1, -0.05) is 30.7 Å². The molecular weight excluding hydrogens is 378 g/mol. The molecule has 1 heterocycles. The molecule has 0 radical (unpaired) electrons. The van der Waals surface area contributed by atoms with E-state index in [9.17, 15) is 4.79 Å². The number of benzene rings is 1. The van der Waals surface area contributed by atoms with Crippen LogP contribution < -0.4 is 5.46 Å². The lowest BCUT2D eigenvalue weighted by Gasteiger charge is -2.32. The third kappa shape index (κ3) is 5.96. The fraction of sp³-hybridized carbons (Fsp3) is 0.667. The number of ether oxygens (including phenoxy) is 1. The van der Waals surface area contributed by atoms with Crippen LogP contribution in [0, 0.1) is 0 Å². The van der Waals surface area contributed by atoms with Crippen LogP contribution in [-0.4, -0.2) is 42.6 Å². The number of hydrogen-bond donors (Lipinski definition) is 1. The van der Waals surface area contributed by atoms with E-state index in [1.807, 2.05) is 59.7 Å². The van der Waals surface area contributed by atoms with E-state index in [0.717, 1.165) is 17.4 Å². The zero-order chi connectivity index (χ0) is 21.5. The molecule has 0 spiro atoms. The van der Waals surface area contributed by atoms with Gasteiger partial charge in [0.05, 0.1) is 24.2 Å². The lowest BCUT2D eigenvalue weighted by atomic mass is 9.72. The van der Waals surface area contributed by atoms with Gasteiger partial charge in [-0.3, -0.25) is 4.79 Å². The third-order valence-electron chi connectivity index (χ3n) is 5.21. The summed E-state index contributed by atoms with van der Waals surface area (Å²) in [5.41, 5.74) is 0.945. The van der Waals surface area contributed by atoms with Crippen molar-refractivity contribution in [2.45, 2.75) is 78.4 Å². The molecule has 7 heteroatoms. The largest absolute Gasteiger partial charge is 0.495 e. The van der Waals surface area contributed by atoms with Crippen molar-refractivity contribution in [2.24, 2.45) is 0 Å². The normalized spacial score (nSPS) is 18.2. The van der Waals surface area contributed by atoms with Crippen LogP contribution >= 0.6 is 11.6 Å². The summed E-state index contributed by atoms with van der Waals surface area (Å²) in [6.45, 7) is 14.2. The Kier molecular flexibility index (Phi) is 9.48. The van der Waals surface area contributed by atoms with Gasteiger partial charge in [-0.25, -0.2) is 0 Å². The van der Waals surface area contributed by atoms with E-state index in [1.54, 1.807) is 6.92 Å². The van der Waals surface area contributed by atoms with Crippen molar-refractivity contribution in [3.8, 4) is 0 Å². The van der Waals surface area contributed by atoms with Crippen LogP contribution in [0.1, 0.15) is 72.8 Å². The number of halogens is 1. The number of esters is 1. The first-order valence-corrected chi connectivity index (χ1v) is 10.3. The lowest BCUT2D eigenvalue weighted by molar-refractivity contribution is -0.143. The molecule has 1 fully saturated rings. The van der Waals surface area contributed by atoms with E-state index < -0.39 is 18.3 Å². The maximum absolute atomic E-state index is 12.0. The molecular formula is C21H34BClO5. The second-order valence-corrected chi connectivity index (χ2v) is 8.17. The summed E-state index contributed by atoms with van der Waals surface area (Å²) in [5.74, 6) is -0.254. The van der Waals surface area contributed by atoms with Crippen LogP contribution in [0.3, 0.4) is 0 Å². The van der Waals surface area contributed by atoms with Crippen LogP contribution in [0.25, 0.3) is 0 Å². The molecule has 2 rings (SSSR count). The number of carbonyl (C=O) groups is 1. The fourth-order valence-electron chi connectivity index (χ4n) is 3.03. The van der Waals surface area contributed by atoms with Crippen molar-refractivity contribution in [1.29, 1.82) is 0 Å². The Bertz CT molecular complexity index is 632. The minimum absolute atomic E-state index is 0.0400.